The fourth-order valence-corrected chi connectivity index (χ4v) is 2.71. The van der Waals surface area contributed by atoms with Crippen LogP contribution in [0.4, 0.5) is 17.7 Å². The van der Waals surface area contributed by atoms with Crippen molar-refractivity contribution in [1.82, 2.24) is 4.90 Å². The second kappa shape index (κ2) is 3.81. The average molecular weight is 264 g/mol. The molecule has 1 aliphatic carbocycles. The minimum absolute atomic E-state index is 0.0282. The third-order valence-electron chi connectivity index (χ3n) is 3.87. The summed E-state index contributed by atoms with van der Waals surface area (Å²) in [5.41, 5.74) is -0.608. The van der Waals surface area contributed by atoms with E-state index in [0.717, 1.165) is 0 Å². The van der Waals surface area contributed by atoms with Crippen molar-refractivity contribution >= 4 is 13.1 Å². The molecular formula is C11H18BF3NO2-. The van der Waals surface area contributed by atoms with Crippen LogP contribution < -0.4 is 0 Å². The average Bonchev–Trinajstić information content (AvgIpc) is 2.87. The minimum Gasteiger partial charge on any atom is -0.449 e. The van der Waals surface area contributed by atoms with Gasteiger partial charge in [-0.05, 0) is 26.7 Å². The second-order valence-corrected chi connectivity index (χ2v) is 6.39. The van der Waals surface area contributed by atoms with Gasteiger partial charge in [0.15, 0.2) is 0 Å². The normalized spacial score (nSPS) is 31.9. The van der Waals surface area contributed by atoms with Crippen LogP contribution in [0.5, 0.6) is 0 Å². The lowest BCUT2D eigenvalue weighted by atomic mass is 9.64. The van der Waals surface area contributed by atoms with Crippen molar-refractivity contribution in [3.63, 3.8) is 0 Å². The van der Waals surface area contributed by atoms with Crippen molar-refractivity contribution in [2.45, 2.75) is 44.5 Å². The van der Waals surface area contributed by atoms with Crippen molar-refractivity contribution in [3.05, 3.63) is 0 Å². The topological polar surface area (TPSA) is 29.5 Å². The van der Waals surface area contributed by atoms with Gasteiger partial charge in [0, 0.05) is 13.1 Å². The summed E-state index contributed by atoms with van der Waals surface area (Å²) >= 11 is 0. The first kappa shape index (κ1) is 13.6. The van der Waals surface area contributed by atoms with E-state index in [2.05, 4.69) is 0 Å². The molecule has 104 valence electrons. The van der Waals surface area contributed by atoms with Gasteiger partial charge in [-0.25, -0.2) is 4.79 Å². The molecule has 3 nitrogen and oxygen atoms in total. The van der Waals surface area contributed by atoms with Crippen LogP contribution in [0, 0.1) is 5.92 Å². The molecule has 2 rings (SSSR count). The number of hydrogen-bond donors (Lipinski definition) is 0. The highest BCUT2D eigenvalue weighted by molar-refractivity contribution is 6.63. The standard InChI is InChI=1S/C11H18BF3NO2/c1-10(2,3)18-9(17)16-5-4-11(12(13,14)15)6-8(11)7-16/h8H,4-7H2,1-3H3/q-1/t8-,11+/m1/s1. The van der Waals surface area contributed by atoms with E-state index in [9.17, 15) is 17.7 Å². The van der Waals surface area contributed by atoms with Gasteiger partial charge in [0.1, 0.15) is 5.60 Å². The minimum atomic E-state index is -4.80. The summed E-state index contributed by atoms with van der Waals surface area (Å²) in [6, 6.07) is 0. The Hall–Kier alpha value is -0.875. The molecule has 0 aromatic heterocycles. The maximum atomic E-state index is 12.9. The molecule has 7 heteroatoms. The molecule has 0 radical (unpaired) electrons. The van der Waals surface area contributed by atoms with Crippen LogP contribution >= 0.6 is 0 Å². The van der Waals surface area contributed by atoms with Gasteiger partial charge in [0.25, 0.3) is 0 Å². The molecule has 1 amide bonds. The molecule has 1 heterocycles. The first-order valence-electron chi connectivity index (χ1n) is 6.22. The maximum absolute atomic E-state index is 12.9. The van der Waals surface area contributed by atoms with Crippen molar-refractivity contribution in [3.8, 4) is 0 Å². The molecule has 0 aromatic rings. The van der Waals surface area contributed by atoms with Gasteiger partial charge < -0.3 is 22.6 Å². The smallest absolute Gasteiger partial charge is 0.449 e. The predicted molar refractivity (Wildman–Crippen MR) is 62.3 cm³/mol. The number of rotatable bonds is 1. The molecule has 0 aromatic carbocycles. The third kappa shape index (κ3) is 2.31. The Labute approximate surface area is 105 Å². The number of amides is 1. The predicted octanol–water partition coefficient (Wildman–Crippen LogP) is 3.23. The molecule has 0 N–H and O–H groups in total. The Kier molecular flexibility index (Phi) is 2.87. The highest BCUT2D eigenvalue weighted by Gasteiger charge is 2.66. The van der Waals surface area contributed by atoms with E-state index >= 15 is 0 Å². The summed E-state index contributed by atoms with van der Waals surface area (Å²) < 4.78 is 43.9. The lowest BCUT2D eigenvalue weighted by molar-refractivity contribution is 0.0203. The molecule has 1 saturated carbocycles. The quantitative estimate of drug-likeness (QED) is 0.680. The van der Waals surface area contributed by atoms with E-state index in [1.54, 1.807) is 20.8 Å². The molecule has 1 saturated heterocycles. The summed E-state index contributed by atoms with van der Waals surface area (Å²) in [5.74, 6) is -0.418. The van der Waals surface area contributed by atoms with Crippen LogP contribution in [0.25, 0.3) is 0 Å². The maximum Gasteiger partial charge on any atom is 0.484 e. The fraction of sp³-hybridized carbons (Fsp3) is 0.909. The van der Waals surface area contributed by atoms with Crippen LogP contribution in [-0.2, 0) is 4.74 Å². The molecule has 2 fully saturated rings. The summed E-state index contributed by atoms with van der Waals surface area (Å²) in [6.45, 7) is 0.762. The zero-order chi connectivity index (χ0) is 13.8. The van der Waals surface area contributed by atoms with Crippen molar-refractivity contribution in [2.24, 2.45) is 5.92 Å². The first-order chi connectivity index (χ1) is 8.05. The summed E-state index contributed by atoms with van der Waals surface area (Å²) in [6.07, 6.45) is -0.298. The van der Waals surface area contributed by atoms with Crippen molar-refractivity contribution < 1.29 is 22.5 Å². The molecule has 0 bridgehead atoms. The molecule has 0 spiro atoms. The number of fused-ring (bicyclic) bond motifs is 1. The van der Waals surface area contributed by atoms with Crippen molar-refractivity contribution in [2.75, 3.05) is 13.1 Å². The van der Waals surface area contributed by atoms with Crippen LogP contribution in [-0.4, -0.2) is 36.7 Å². The van der Waals surface area contributed by atoms with Gasteiger partial charge in [0.05, 0.1) is 0 Å². The van der Waals surface area contributed by atoms with Crippen molar-refractivity contribution in [1.29, 1.82) is 0 Å². The molecule has 0 unspecified atom stereocenters. The summed E-state index contributed by atoms with van der Waals surface area (Å²) in [5, 5.41) is -1.46. The number of likely N-dealkylation sites (tertiary alicyclic amines) is 1. The SMILES string of the molecule is CC(C)(C)OC(=O)N1CC[C@]2([B-](F)(F)F)C[C@@H]2C1. The van der Waals surface area contributed by atoms with Gasteiger partial charge in [-0.1, -0.05) is 18.2 Å². The monoisotopic (exact) mass is 264 g/mol. The van der Waals surface area contributed by atoms with Crippen LogP contribution in [0.15, 0.2) is 0 Å². The summed E-state index contributed by atoms with van der Waals surface area (Å²) in [4.78, 5) is 13.2. The highest BCUT2D eigenvalue weighted by Crippen LogP contribution is 2.71. The Morgan fingerprint density at radius 2 is 2.00 bits per heavy atom. The van der Waals surface area contributed by atoms with Gasteiger partial charge in [-0.2, -0.15) is 0 Å². The number of hydrogen-bond acceptors (Lipinski definition) is 2. The van der Waals surface area contributed by atoms with Gasteiger partial charge in [0.2, 0.25) is 0 Å². The molecule has 2 atom stereocenters. The van der Waals surface area contributed by atoms with Gasteiger partial charge in [-0.15, -0.1) is 0 Å². The number of carbonyl (C=O) groups excluding carboxylic acids is 1. The Bertz CT molecular complexity index is 366. The fourth-order valence-electron chi connectivity index (χ4n) is 2.71. The molecule has 2 aliphatic rings. The first-order valence-corrected chi connectivity index (χ1v) is 6.22. The molecule has 18 heavy (non-hydrogen) atoms. The van der Waals surface area contributed by atoms with E-state index in [1.165, 1.54) is 4.90 Å². The second-order valence-electron chi connectivity index (χ2n) is 6.39. The van der Waals surface area contributed by atoms with E-state index in [-0.39, 0.29) is 25.9 Å². The highest BCUT2D eigenvalue weighted by atomic mass is 19.4. The molecular weight excluding hydrogens is 246 g/mol. The lowest BCUT2D eigenvalue weighted by Gasteiger charge is -2.37. The Morgan fingerprint density at radius 1 is 1.39 bits per heavy atom. The van der Waals surface area contributed by atoms with E-state index in [4.69, 9.17) is 4.74 Å². The lowest BCUT2D eigenvalue weighted by Crippen LogP contribution is -2.44. The zero-order valence-electron chi connectivity index (χ0n) is 10.9. The molecule has 1 aliphatic heterocycles. The summed E-state index contributed by atoms with van der Waals surface area (Å²) in [7, 11) is 0. The van der Waals surface area contributed by atoms with Gasteiger partial charge >= 0.3 is 13.1 Å². The number of nitrogens with zero attached hydrogens (tertiary/aromatic N) is 1. The zero-order valence-corrected chi connectivity index (χ0v) is 10.9. The Balaban J connectivity index is 1.94. The van der Waals surface area contributed by atoms with Gasteiger partial charge in [-0.3, -0.25) is 0 Å². The number of halogens is 3. The van der Waals surface area contributed by atoms with Crippen LogP contribution in [0.3, 0.4) is 0 Å². The number of piperidine rings is 1. The van der Waals surface area contributed by atoms with E-state index in [0.29, 0.717) is 0 Å². The van der Waals surface area contributed by atoms with E-state index < -0.39 is 29.9 Å². The van der Waals surface area contributed by atoms with E-state index in [1.807, 2.05) is 0 Å². The Morgan fingerprint density at radius 3 is 2.44 bits per heavy atom. The number of ether oxygens (including phenoxy) is 1. The van der Waals surface area contributed by atoms with Crippen LogP contribution in [0.2, 0.25) is 5.31 Å². The third-order valence-corrected chi connectivity index (χ3v) is 3.87. The van der Waals surface area contributed by atoms with Crippen LogP contribution in [0.1, 0.15) is 33.6 Å². The number of carbonyl (C=O) groups is 1. The largest absolute Gasteiger partial charge is 0.484 e.